The Labute approximate surface area is 166 Å². The molecule has 27 heavy (non-hydrogen) atoms. The van der Waals surface area contributed by atoms with Crippen molar-refractivity contribution in [1.82, 2.24) is 5.32 Å². The predicted molar refractivity (Wildman–Crippen MR) is 110 cm³/mol. The topological polar surface area (TPSA) is 47.6 Å². The quantitative estimate of drug-likeness (QED) is 0.605. The standard InChI is InChI=1S/C22H28ClNO3/c1-5-20(27-17-10-11-19(23)16(4)14-17)22(25)24-12-13-26-21-9-7-6-8-18(21)15(2)3/h6-11,14-15,20H,5,12-13H2,1-4H3,(H,24,25). The van der Waals surface area contributed by atoms with E-state index in [1.165, 1.54) is 0 Å². The molecular formula is C22H28ClNO3. The first-order chi connectivity index (χ1) is 12.9. The molecule has 1 unspecified atom stereocenters. The molecule has 0 aliphatic rings. The van der Waals surface area contributed by atoms with Gasteiger partial charge in [0, 0.05) is 5.02 Å². The van der Waals surface area contributed by atoms with Gasteiger partial charge in [-0.25, -0.2) is 0 Å². The summed E-state index contributed by atoms with van der Waals surface area (Å²) in [5.74, 6) is 1.74. The number of carbonyl (C=O) groups is 1. The fourth-order valence-electron chi connectivity index (χ4n) is 2.72. The van der Waals surface area contributed by atoms with Gasteiger partial charge < -0.3 is 14.8 Å². The predicted octanol–water partition coefficient (Wildman–Crippen LogP) is 5.12. The monoisotopic (exact) mass is 389 g/mol. The van der Waals surface area contributed by atoms with Crippen LogP contribution in [0.15, 0.2) is 42.5 Å². The molecule has 0 bridgehead atoms. The molecule has 5 heteroatoms. The van der Waals surface area contributed by atoms with Crippen molar-refractivity contribution in [1.29, 1.82) is 0 Å². The molecule has 146 valence electrons. The van der Waals surface area contributed by atoms with Crippen molar-refractivity contribution in [2.45, 2.75) is 46.1 Å². The van der Waals surface area contributed by atoms with Crippen LogP contribution in [0.2, 0.25) is 5.02 Å². The van der Waals surface area contributed by atoms with E-state index in [0.717, 1.165) is 16.9 Å². The van der Waals surface area contributed by atoms with Gasteiger partial charge >= 0.3 is 0 Å². The largest absolute Gasteiger partial charge is 0.491 e. The van der Waals surface area contributed by atoms with Gasteiger partial charge in [-0.2, -0.15) is 0 Å². The van der Waals surface area contributed by atoms with Crippen LogP contribution in [-0.4, -0.2) is 25.2 Å². The zero-order valence-corrected chi connectivity index (χ0v) is 17.2. The first-order valence-electron chi connectivity index (χ1n) is 9.34. The number of hydrogen-bond acceptors (Lipinski definition) is 3. The fraction of sp³-hybridized carbons (Fsp3) is 0.409. The molecule has 0 fully saturated rings. The lowest BCUT2D eigenvalue weighted by molar-refractivity contribution is -0.128. The van der Waals surface area contributed by atoms with E-state index >= 15 is 0 Å². The molecule has 1 amide bonds. The minimum Gasteiger partial charge on any atom is -0.491 e. The van der Waals surface area contributed by atoms with Crippen LogP contribution in [0.3, 0.4) is 0 Å². The number of amides is 1. The highest BCUT2D eigenvalue weighted by atomic mass is 35.5. The number of halogens is 1. The highest BCUT2D eigenvalue weighted by molar-refractivity contribution is 6.31. The Kier molecular flexibility index (Phi) is 7.99. The number of ether oxygens (including phenoxy) is 2. The number of nitrogens with one attached hydrogen (secondary N) is 1. The van der Waals surface area contributed by atoms with E-state index in [1.807, 2.05) is 38.1 Å². The fourth-order valence-corrected chi connectivity index (χ4v) is 2.83. The lowest BCUT2D eigenvalue weighted by atomic mass is 10.0. The Hall–Kier alpha value is -2.20. The number of benzene rings is 2. The number of aryl methyl sites for hydroxylation is 1. The molecule has 1 atom stereocenters. The molecule has 2 rings (SSSR count). The second kappa shape index (κ2) is 10.2. The van der Waals surface area contributed by atoms with Gasteiger partial charge in [0.1, 0.15) is 18.1 Å². The van der Waals surface area contributed by atoms with Crippen molar-refractivity contribution in [2.24, 2.45) is 0 Å². The van der Waals surface area contributed by atoms with Gasteiger partial charge in [0.2, 0.25) is 0 Å². The zero-order chi connectivity index (χ0) is 19.8. The van der Waals surface area contributed by atoms with Gasteiger partial charge in [0.15, 0.2) is 6.10 Å². The first-order valence-corrected chi connectivity index (χ1v) is 9.72. The summed E-state index contributed by atoms with van der Waals surface area (Å²) in [4.78, 5) is 12.4. The highest BCUT2D eigenvalue weighted by Gasteiger charge is 2.18. The summed E-state index contributed by atoms with van der Waals surface area (Å²) in [6.07, 6.45) is 0.0263. The Morgan fingerprint density at radius 2 is 1.93 bits per heavy atom. The molecule has 4 nitrogen and oxygen atoms in total. The average Bonchev–Trinajstić information content (AvgIpc) is 2.66. The van der Waals surface area contributed by atoms with Crippen LogP contribution in [0.25, 0.3) is 0 Å². The van der Waals surface area contributed by atoms with E-state index < -0.39 is 6.10 Å². The molecule has 0 saturated carbocycles. The van der Waals surface area contributed by atoms with E-state index in [4.69, 9.17) is 21.1 Å². The van der Waals surface area contributed by atoms with Crippen molar-refractivity contribution >= 4 is 17.5 Å². The summed E-state index contributed by atoms with van der Waals surface area (Å²) in [6, 6.07) is 13.4. The SMILES string of the molecule is CCC(Oc1ccc(Cl)c(C)c1)C(=O)NCCOc1ccccc1C(C)C. The van der Waals surface area contributed by atoms with Crippen LogP contribution in [0.5, 0.6) is 11.5 Å². The van der Waals surface area contributed by atoms with Crippen LogP contribution in [0.4, 0.5) is 0 Å². The van der Waals surface area contributed by atoms with Crippen molar-refractivity contribution in [3.8, 4) is 11.5 Å². The second-order valence-corrected chi connectivity index (χ2v) is 7.16. The Balaban J connectivity index is 1.84. The maximum absolute atomic E-state index is 12.4. The summed E-state index contributed by atoms with van der Waals surface area (Å²) < 4.78 is 11.7. The molecular weight excluding hydrogens is 362 g/mol. The van der Waals surface area contributed by atoms with Gasteiger partial charge in [0.25, 0.3) is 5.91 Å². The maximum atomic E-state index is 12.4. The Morgan fingerprint density at radius 1 is 1.19 bits per heavy atom. The number of rotatable bonds is 9. The Morgan fingerprint density at radius 3 is 2.59 bits per heavy atom. The van der Waals surface area contributed by atoms with Gasteiger partial charge in [0.05, 0.1) is 6.54 Å². The molecule has 0 spiro atoms. The minimum atomic E-state index is -0.548. The third-order valence-corrected chi connectivity index (χ3v) is 4.69. The molecule has 0 heterocycles. The summed E-state index contributed by atoms with van der Waals surface area (Å²) in [6.45, 7) is 8.92. The van der Waals surface area contributed by atoms with E-state index in [1.54, 1.807) is 12.1 Å². The average molecular weight is 390 g/mol. The van der Waals surface area contributed by atoms with Crippen LogP contribution < -0.4 is 14.8 Å². The van der Waals surface area contributed by atoms with Crippen LogP contribution in [0.1, 0.15) is 44.2 Å². The van der Waals surface area contributed by atoms with Gasteiger partial charge in [-0.1, -0.05) is 50.6 Å². The molecule has 0 aliphatic carbocycles. The summed E-state index contributed by atoms with van der Waals surface area (Å²) in [7, 11) is 0. The van der Waals surface area contributed by atoms with Crippen LogP contribution in [0, 0.1) is 6.92 Å². The zero-order valence-electron chi connectivity index (χ0n) is 16.4. The van der Waals surface area contributed by atoms with Crippen LogP contribution >= 0.6 is 11.6 Å². The van der Waals surface area contributed by atoms with E-state index in [-0.39, 0.29) is 5.91 Å². The molecule has 0 aromatic heterocycles. The maximum Gasteiger partial charge on any atom is 0.261 e. The summed E-state index contributed by atoms with van der Waals surface area (Å²) >= 11 is 6.03. The lowest BCUT2D eigenvalue weighted by Crippen LogP contribution is -2.39. The summed E-state index contributed by atoms with van der Waals surface area (Å²) in [5, 5.41) is 3.56. The van der Waals surface area contributed by atoms with Gasteiger partial charge in [-0.05, 0) is 54.7 Å². The van der Waals surface area contributed by atoms with Crippen molar-refractivity contribution < 1.29 is 14.3 Å². The van der Waals surface area contributed by atoms with E-state index in [0.29, 0.717) is 36.3 Å². The molecule has 0 radical (unpaired) electrons. The molecule has 2 aromatic rings. The number of para-hydroxylation sites is 1. The lowest BCUT2D eigenvalue weighted by Gasteiger charge is -2.18. The smallest absolute Gasteiger partial charge is 0.261 e. The molecule has 2 aromatic carbocycles. The first kappa shape index (κ1) is 21.1. The number of hydrogen-bond donors (Lipinski definition) is 1. The van der Waals surface area contributed by atoms with Crippen molar-refractivity contribution in [3.05, 3.63) is 58.6 Å². The van der Waals surface area contributed by atoms with Crippen LogP contribution in [-0.2, 0) is 4.79 Å². The minimum absolute atomic E-state index is 0.147. The van der Waals surface area contributed by atoms with Gasteiger partial charge in [-0.3, -0.25) is 4.79 Å². The van der Waals surface area contributed by atoms with E-state index in [2.05, 4.69) is 25.2 Å². The van der Waals surface area contributed by atoms with E-state index in [9.17, 15) is 4.79 Å². The second-order valence-electron chi connectivity index (χ2n) is 6.76. The molecule has 0 aliphatic heterocycles. The third kappa shape index (κ3) is 6.17. The normalized spacial score (nSPS) is 11.9. The Bertz CT molecular complexity index is 761. The molecule has 0 saturated heterocycles. The number of carbonyl (C=O) groups excluding carboxylic acids is 1. The van der Waals surface area contributed by atoms with Gasteiger partial charge in [-0.15, -0.1) is 0 Å². The van der Waals surface area contributed by atoms with Crippen molar-refractivity contribution in [3.63, 3.8) is 0 Å². The summed E-state index contributed by atoms with van der Waals surface area (Å²) in [5.41, 5.74) is 2.08. The highest BCUT2D eigenvalue weighted by Crippen LogP contribution is 2.25. The third-order valence-electron chi connectivity index (χ3n) is 4.27. The van der Waals surface area contributed by atoms with Crippen molar-refractivity contribution in [2.75, 3.05) is 13.2 Å². The molecule has 1 N–H and O–H groups in total.